The number of carbonyl (C=O) groups excluding carboxylic acids is 1. The minimum absolute atomic E-state index is 0. The molecule has 250 valence electrons. The second-order valence-electron chi connectivity index (χ2n) is 8.11. The number of rotatable bonds is 7. The molecule has 0 amide bonds. The van der Waals surface area contributed by atoms with Gasteiger partial charge in [-0.05, 0) is 38.1 Å². The average molecular weight is 737 g/mol. The fraction of sp³-hybridized carbons (Fsp3) is 0.320. The van der Waals surface area contributed by atoms with Crippen LogP contribution in [0.4, 0.5) is 47.8 Å². The van der Waals surface area contributed by atoms with Crippen LogP contribution < -0.4 is 119 Å². The van der Waals surface area contributed by atoms with Crippen LogP contribution in [0.1, 0.15) is 26.4 Å². The van der Waals surface area contributed by atoms with Gasteiger partial charge in [-0.25, -0.2) is 18.9 Å². The van der Waals surface area contributed by atoms with Crippen molar-refractivity contribution in [1.82, 2.24) is 0 Å². The van der Waals surface area contributed by atoms with Crippen LogP contribution in [0.5, 0.6) is 0 Å². The Morgan fingerprint density at radius 1 is 0.915 bits per heavy atom. The van der Waals surface area contributed by atoms with Gasteiger partial charge < -0.3 is 43.0 Å². The number of carboxylic acid groups (broad SMARTS) is 2. The molecule has 0 aliphatic heterocycles. The van der Waals surface area contributed by atoms with Crippen molar-refractivity contribution in [3.8, 4) is 0 Å². The number of hydrogen-bond acceptors (Lipinski definition) is 9. The summed E-state index contributed by atoms with van der Waals surface area (Å²) in [5.74, 6) is -3.58. The van der Waals surface area contributed by atoms with Crippen molar-refractivity contribution in [1.29, 1.82) is 0 Å². The van der Waals surface area contributed by atoms with Crippen molar-refractivity contribution < 1.29 is 180 Å². The normalized spacial score (nSPS) is 12.5. The Hall–Kier alpha value is -1.75. The maximum absolute atomic E-state index is 12.7. The summed E-state index contributed by atoms with van der Waals surface area (Å²) in [6, 6.07) is 2.08. The summed E-state index contributed by atoms with van der Waals surface area (Å²) in [6.45, 7) is 15.5. The third-order valence-electron chi connectivity index (χ3n) is 4.72. The van der Waals surface area contributed by atoms with E-state index >= 15 is 0 Å². The van der Waals surface area contributed by atoms with Crippen LogP contribution in [0, 0.1) is 19.0 Å². The van der Waals surface area contributed by atoms with Gasteiger partial charge in [0.05, 0.1) is 36.5 Å². The number of hydrogen-bond donors (Lipinski definition) is 6. The smallest absolute Gasteiger partial charge is 1.00 e. The van der Waals surface area contributed by atoms with E-state index in [2.05, 4.69) is 19.9 Å². The van der Waals surface area contributed by atoms with Crippen LogP contribution in [-0.4, -0.2) is 63.1 Å². The number of anilines is 1. The molecule has 0 heterocycles. The van der Waals surface area contributed by atoms with Gasteiger partial charge in [-0.1, -0.05) is 12.1 Å². The number of nitrogens with two attached hydrogens (primary N) is 1. The van der Waals surface area contributed by atoms with Gasteiger partial charge in [0, 0.05) is 5.69 Å². The first-order valence-corrected chi connectivity index (χ1v) is 11.5. The van der Waals surface area contributed by atoms with Crippen molar-refractivity contribution in [2.75, 3.05) is 5.32 Å². The molecule has 0 bridgehead atoms. The molecule has 7 N–H and O–H groups in total. The van der Waals surface area contributed by atoms with Crippen LogP contribution in [0.3, 0.4) is 0 Å². The monoisotopic (exact) mass is 736 g/mol. The summed E-state index contributed by atoms with van der Waals surface area (Å²) < 4.78 is 86.9. The fourth-order valence-electron chi connectivity index (χ4n) is 2.56. The maximum atomic E-state index is 12.7. The summed E-state index contributed by atoms with van der Waals surface area (Å²) >= 11 is 0. The fourth-order valence-corrected chi connectivity index (χ4v) is 2.56. The van der Waals surface area contributed by atoms with E-state index in [1.807, 2.05) is 0 Å². The van der Waals surface area contributed by atoms with Crippen LogP contribution in [-0.2, 0) is 31.6 Å². The minimum Gasteiger partial charge on any atom is -1.00 e. The Kier molecular flexibility index (Phi) is 28.0. The number of aliphatic hydroxyl groups excluding tert-OH is 2. The SMILES string of the molecule is C[C@H](O)[C@@H](N)C(=O)O.O=CO[O-].[C-]#[N+]c1ccc(F)cc1C(F)(F)F.[C-]#[N+]c1ccc(N[C@@H](C(=O)O)[C@H](C)O)cc1C(F)(F)F.[H-].[K+].[K+]. The zero-order chi connectivity index (χ0) is 35.7. The molecule has 0 aliphatic carbocycles. The summed E-state index contributed by atoms with van der Waals surface area (Å²) in [5, 5.41) is 45.4. The number of benzene rings is 2. The van der Waals surface area contributed by atoms with Gasteiger partial charge in [0.2, 0.25) is 0 Å². The molecule has 22 heteroatoms. The van der Waals surface area contributed by atoms with E-state index in [1.54, 1.807) is 0 Å². The van der Waals surface area contributed by atoms with Crippen LogP contribution in [0.2, 0.25) is 0 Å². The van der Waals surface area contributed by atoms with E-state index in [1.165, 1.54) is 13.8 Å². The van der Waals surface area contributed by atoms with Crippen molar-refractivity contribution in [3.63, 3.8) is 0 Å². The standard InChI is InChI=1S/C12H11F3N2O3.C8H3F4N.C4H9NO3.CH2O3.2K.H/c1-6(18)10(11(19)20)17-7-3-4-9(16-2)8(5-7)12(13,14)15;1-13-7-3-2-5(9)4-6(7)8(10,11)12;1-2(6)3(5)4(7)8;2-1-4-3;;;/h3-6,10,17-18H,1H3,(H,19,20);2-4H;2-3,6H,5H2,1H3,(H,7,8);1,3H;;;/q;;;;2*+1;-1/p-1/t6-,10+;;2-,3+;;;;/m0.0..../s1. The number of aliphatic hydroxyl groups is 2. The third-order valence-corrected chi connectivity index (χ3v) is 4.72. The van der Waals surface area contributed by atoms with Crippen molar-refractivity contribution in [2.24, 2.45) is 5.73 Å². The quantitative estimate of drug-likeness (QED) is 0.0428. The zero-order valence-corrected chi connectivity index (χ0v) is 31.0. The molecule has 0 aromatic heterocycles. The predicted molar refractivity (Wildman–Crippen MR) is 138 cm³/mol. The topological polar surface area (TPSA) is 211 Å². The van der Waals surface area contributed by atoms with E-state index in [0.29, 0.717) is 12.1 Å². The number of carbonyl (C=O) groups is 3. The Labute approximate surface area is 348 Å². The molecule has 13 nitrogen and oxygen atoms in total. The van der Waals surface area contributed by atoms with E-state index in [9.17, 15) is 45.4 Å². The Balaban J connectivity index is -0.000000190. The molecule has 0 saturated heterocycles. The van der Waals surface area contributed by atoms with Gasteiger partial charge in [0.15, 0.2) is 17.4 Å². The Morgan fingerprint density at radius 2 is 1.32 bits per heavy atom. The van der Waals surface area contributed by atoms with Gasteiger partial charge in [-0.3, -0.25) is 9.59 Å². The second kappa shape index (κ2) is 25.3. The largest absolute Gasteiger partial charge is 1.00 e. The van der Waals surface area contributed by atoms with Crippen molar-refractivity contribution in [2.45, 2.75) is 50.5 Å². The molecule has 2 rings (SSSR count). The number of alkyl halides is 6. The molecular weight excluding hydrogens is 711 g/mol. The summed E-state index contributed by atoms with van der Waals surface area (Å²) in [6.07, 6.45) is -11.7. The van der Waals surface area contributed by atoms with E-state index < -0.39 is 76.9 Å². The number of nitrogens with one attached hydrogen (secondary N) is 1. The van der Waals surface area contributed by atoms with Gasteiger partial charge >= 0.3 is 127 Å². The van der Waals surface area contributed by atoms with Crippen LogP contribution in [0.15, 0.2) is 36.4 Å². The maximum Gasteiger partial charge on any atom is 1.00 e. The molecule has 2 aromatic carbocycles. The summed E-state index contributed by atoms with van der Waals surface area (Å²) in [4.78, 5) is 37.4. The van der Waals surface area contributed by atoms with Crippen LogP contribution >= 0.6 is 0 Å². The minimum atomic E-state index is -4.72. The second-order valence-corrected chi connectivity index (χ2v) is 8.11. The molecule has 0 fully saturated rings. The van der Waals surface area contributed by atoms with Gasteiger partial charge in [-0.2, -0.15) is 26.3 Å². The first-order valence-electron chi connectivity index (χ1n) is 11.5. The molecule has 4 atom stereocenters. The van der Waals surface area contributed by atoms with Gasteiger partial charge in [0.25, 0.3) is 6.47 Å². The number of aliphatic carboxylic acids is 2. The molecule has 2 aromatic rings. The predicted octanol–water partition coefficient (Wildman–Crippen LogP) is -2.77. The number of halogens is 7. The number of carboxylic acids is 2. The van der Waals surface area contributed by atoms with Gasteiger partial charge in [0.1, 0.15) is 11.9 Å². The van der Waals surface area contributed by atoms with Crippen LogP contribution in [0.25, 0.3) is 9.69 Å². The Morgan fingerprint density at radius 3 is 1.60 bits per heavy atom. The molecule has 0 radical (unpaired) electrons. The van der Waals surface area contributed by atoms with E-state index in [-0.39, 0.29) is 116 Å². The molecular formula is C25H25F7K2N4O9. The van der Waals surface area contributed by atoms with E-state index in [4.69, 9.17) is 44.2 Å². The molecule has 0 saturated carbocycles. The van der Waals surface area contributed by atoms with Crippen molar-refractivity contribution in [3.05, 3.63) is 76.2 Å². The molecule has 0 spiro atoms. The van der Waals surface area contributed by atoms with Crippen molar-refractivity contribution >= 4 is 35.5 Å². The first kappa shape index (κ1) is 52.1. The number of nitrogens with zero attached hydrogens (tertiary/aromatic N) is 2. The summed E-state index contributed by atoms with van der Waals surface area (Å²) in [5.41, 5.74) is 1.21. The zero-order valence-electron chi connectivity index (χ0n) is 25.8. The third kappa shape index (κ3) is 21.1. The average Bonchev–Trinajstić information content (AvgIpc) is 2.94. The van der Waals surface area contributed by atoms with E-state index in [0.717, 1.165) is 24.3 Å². The summed E-state index contributed by atoms with van der Waals surface area (Å²) in [7, 11) is 0. The Bertz CT molecular complexity index is 1380. The molecule has 47 heavy (non-hydrogen) atoms. The molecule has 0 unspecified atom stereocenters. The molecule has 0 aliphatic rings. The first-order chi connectivity index (χ1) is 20.6. The van der Waals surface area contributed by atoms with Gasteiger partial charge in [-0.15, -0.1) is 0 Å².